The second-order valence-electron chi connectivity index (χ2n) is 7.52. The highest BCUT2D eigenvalue weighted by Crippen LogP contribution is 2.41. The summed E-state index contributed by atoms with van der Waals surface area (Å²) in [7, 11) is 3.27. The molecule has 2 aromatic carbocycles. The fraction of sp³-hybridized carbons (Fsp3) is 0.333. The molecule has 1 saturated heterocycles. The minimum atomic E-state index is -0.792. The van der Waals surface area contributed by atoms with Gasteiger partial charge in [-0.1, -0.05) is 24.6 Å². The third kappa shape index (κ3) is 3.71. The average Bonchev–Trinajstić information content (AvgIpc) is 2.79. The number of aromatic nitrogens is 1. The number of carboxylic acids is 1. The van der Waals surface area contributed by atoms with Crippen molar-refractivity contribution in [2.75, 3.05) is 20.8 Å². The Morgan fingerprint density at radius 2 is 1.93 bits per heavy atom. The molecule has 0 radical (unpaired) electrons. The van der Waals surface area contributed by atoms with Crippen molar-refractivity contribution in [1.29, 1.82) is 0 Å². The van der Waals surface area contributed by atoms with Crippen LogP contribution < -0.4 is 9.47 Å². The van der Waals surface area contributed by atoms with Gasteiger partial charge in [0.1, 0.15) is 17.5 Å². The van der Waals surface area contributed by atoms with E-state index in [-0.39, 0.29) is 6.04 Å². The average molecular weight is 406 g/mol. The van der Waals surface area contributed by atoms with Crippen molar-refractivity contribution in [1.82, 2.24) is 9.88 Å². The van der Waals surface area contributed by atoms with E-state index in [1.165, 1.54) is 0 Å². The SMILES string of the molecule is COc1ccc(OC)c(C(c2ccnc3ccccc23)N2CCCCC2C(=O)O)c1. The summed E-state index contributed by atoms with van der Waals surface area (Å²) in [5.74, 6) is 0.620. The van der Waals surface area contributed by atoms with Crippen LogP contribution in [0.5, 0.6) is 11.5 Å². The molecule has 6 heteroatoms. The number of para-hydroxylation sites is 1. The Hall–Kier alpha value is -3.12. The Kier molecular flexibility index (Phi) is 5.86. The number of pyridine rings is 1. The van der Waals surface area contributed by atoms with Crippen LogP contribution in [0.15, 0.2) is 54.7 Å². The van der Waals surface area contributed by atoms with Gasteiger partial charge in [-0.2, -0.15) is 0 Å². The molecule has 1 aliphatic rings. The largest absolute Gasteiger partial charge is 0.497 e. The summed E-state index contributed by atoms with van der Waals surface area (Å²) >= 11 is 0. The maximum atomic E-state index is 12.2. The molecule has 3 aromatic rings. The van der Waals surface area contributed by atoms with Crippen molar-refractivity contribution in [2.45, 2.75) is 31.3 Å². The standard InChI is InChI=1S/C24H26N2O4/c1-29-16-10-11-22(30-2)19(15-16)23(26-14-6-5-9-21(26)24(27)28)18-12-13-25-20-8-4-3-7-17(18)20/h3-4,7-8,10-13,15,21,23H,5-6,9,14H2,1-2H3,(H,27,28). The molecular weight excluding hydrogens is 380 g/mol. The Labute approximate surface area is 176 Å². The lowest BCUT2D eigenvalue weighted by Gasteiger charge is -2.40. The number of piperidine rings is 1. The molecule has 6 nitrogen and oxygen atoms in total. The lowest BCUT2D eigenvalue weighted by Crippen LogP contribution is -2.47. The normalized spacial score (nSPS) is 18.1. The number of carboxylic acid groups (broad SMARTS) is 1. The topological polar surface area (TPSA) is 71.9 Å². The molecule has 0 amide bonds. The van der Waals surface area contributed by atoms with Gasteiger partial charge in [-0.3, -0.25) is 14.7 Å². The zero-order chi connectivity index (χ0) is 21.1. The summed E-state index contributed by atoms with van der Waals surface area (Å²) in [6.45, 7) is 0.693. The number of aliphatic carboxylic acids is 1. The maximum absolute atomic E-state index is 12.2. The van der Waals surface area contributed by atoms with E-state index >= 15 is 0 Å². The van der Waals surface area contributed by atoms with Crippen molar-refractivity contribution in [3.8, 4) is 11.5 Å². The fourth-order valence-electron chi connectivity index (χ4n) is 4.46. The number of benzene rings is 2. The molecule has 0 spiro atoms. The molecule has 1 aliphatic heterocycles. The quantitative estimate of drug-likeness (QED) is 0.659. The third-order valence-electron chi connectivity index (χ3n) is 5.87. The first-order valence-electron chi connectivity index (χ1n) is 10.2. The van der Waals surface area contributed by atoms with Crippen LogP contribution in [-0.4, -0.2) is 47.8 Å². The molecule has 0 aliphatic carbocycles. The third-order valence-corrected chi connectivity index (χ3v) is 5.87. The van der Waals surface area contributed by atoms with Gasteiger partial charge < -0.3 is 14.6 Å². The number of nitrogens with zero attached hydrogens (tertiary/aromatic N) is 2. The summed E-state index contributed by atoms with van der Waals surface area (Å²) in [6.07, 6.45) is 4.28. The van der Waals surface area contributed by atoms with E-state index in [4.69, 9.17) is 9.47 Å². The van der Waals surface area contributed by atoms with Crippen molar-refractivity contribution in [3.63, 3.8) is 0 Å². The highest BCUT2D eigenvalue weighted by Gasteiger charge is 2.37. The number of rotatable bonds is 6. The Morgan fingerprint density at radius 1 is 1.10 bits per heavy atom. The van der Waals surface area contributed by atoms with E-state index < -0.39 is 12.0 Å². The number of carbonyl (C=O) groups is 1. The zero-order valence-corrected chi connectivity index (χ0v) is 17.2. The molecule has 2 heterocycles. The molecular formula is C24H26N2O4. The van der Waals surface area contributed by atoms with Crippen LogP contribution in [-0.2, 0) is 4.79 Å². The van der Waals surface area contributed by atoms with Crippen molar-refractivity contribution < 1.29 is 19.4 Å². The smallest absolute Gasteiger partial charge is 0.320 e. The van der Waals surface area contributed by atoms with Crippen molar-refractivity contribution in [3.05, 3.63) is 65.9 Å². The number of hydrogen-bond acceptors (Lipinski definition) is 5. The number of methoxy groups -OCH3 is 2. The van der Waals surface area contributed by atoms with Gasteiger partial charge in [0.2, 0.25) is 0 Å². The molecule has 0 saturated carbocycles. The van der Waals surface area contributed by atoms with Gasteiger partial charge in [0.05, 0.1) is 25.8 Å². The summed E-state index contributed by atoms with van der Waals surface area (Å²) < 4.78 is 11.2. The summed E-state index contributed by atoms with van der Waals surface area (Å²) in [5.41, 5.74) is 2.78. The van der Waals surface area contributed by atoms with Gasteiger partial charge >= 0.3 is 5.97 Å². The van der Waals surface area contributed by atoms with Gasteiger partial charge in [0.25, 0.3) is 0 Å². The first-order valence-corrected chi connectivity index (χ1v) is 10.2. The Morgan fingerprint density at radius 3 is 2.70 bits per heavy atom. The maximum Gasteiger partial charge on any atom is 0.320 e. The van der Waals surface area contributed by atoms with Gasteiger partial charge in [-0.15, -0.1) is 0 Å². The Balaban J connectivity index is 1.97. The van der Waals surface area contributed by atoms with Crippen molar-refractivity contribution >= 4 is 16.9 Å². The lowest BCUT2D eigenvalue weighted by atomic mass is 9.89. The Bertz CT molecular complexity index is 1050. The van der Waals surface area contributed by atoms with Crippen LogP contribution in [0.3, 0.4) is 0 Å². The monoisotopic (exact) mass is 406 g/mol. The number of fused-ring (bicyclic) bond motifs is 1. The first kappa shape index (κ1) is 20.2. The summed E-state index contributed by atoms with van der Waals surface area (Å²) in [4.78, 5) is 18.8. The zero-order valence-electron chi connectivity index (χ0n) is 17.2. The van der Waals surface area contributed by atoms with E-state index in [0.717, 1.165) is 34.9 Å². The second-order valence-corrected chi connectivity index (χ2v) is 7.52. The van der Waals surface area contributed by atoms with Gasteiger partial charge in [-0.25, -0.2) is 0 Å². The molecule has 1 aromatic heterocycles. The van der Waals surface area contributed by atoms with Crippen LogP contribution in [0, 0.1) is 0 Å². The molecule has 156 valence electrons. The van der Waals surface area contributed by atoms with Crippen LogP contribution in [0.2, 0.25) is 0 Å². The van der Waals surface area contributed by atoms with Crippen LogP contribution >= 0.6 is 0 Å². The molecule has 2 atom stereocenters. The second kappa shape index (κ2) is 8.71. The molecule has 4 rings (SSSR count). The van der Waals surface area contributed by atoms with E-state index in [1.54, 1.807) is 20.4 Å². The number of ether oxygens (including phenoxy) is 2. The summed E-state index contributed by atoms with van der Waals surface area (Å²) in [5, 5.41) is 11.0. The van der Waals surface area contributed by atoms with E-state index in [2.05, 4.69) is 9.88 Å². The highest BCUT2D eigenvalue weighted by molar-refractivity contribution is 5.83. The summed E-state index contributed by atoms with van der Waals surface area (Å²) in [6, 6.07) is 14.8. The van der Waals surface area contributed by atoms with Crippen LogP contribution in [0.1, 0.15) is 36.4 Å². The molecule has 1 fully saturated rings. The van der Waals surface area contributed by atoms with Gasteiger partial charge in [0, 0.05) is 17.1 Å². The van der Waals surface area contributed by atoms with Gasteiger partial charge in [-0.05, 0) is 55.3 Å². The molecule has 30 heavy (non-hydrogen) atoms. The van der Waals surface area contributed by atoms with E-state index in [0.29, 0.717) is 24.5 Å². The highest BCUT2D eigenvalue weighted by atomic mass is 16.5. The lowest BCUT2D eigenvalue weighted by molar-refractivity contribution is -0.145. The minimum Gasteiger partial charge on any atom is -0.497 e. The number of likely N-dealkylation sites (tertiary alicyclic amines) is 1. The predicted molar refractivity (Wildman–Crippen MR) is 115 cm³/mol. The fourth-order valence-corrected chi connectivity index (χ4v) is 4.46. The number of hydrogen-bond donors (Lipinski definition) is 1. The molecule has 2 unspecified atom stereocenters. The predicted octanol–water partition coefficient (Wildman–Crippen LogP) is 4.28. The molecule has 1 N–H and O–H groups in total. The first-order chi connectivity index (χ1) is 14.6. The van der Waals surface area contributed by atoms with Crippen LogP contribution in [0.25, 0.3) is 10.9 Å². The van der Waals surface area contributed by atoms with E-state index in [1.807, 2.05) is 48.5 Å². The van der Waals surface area contributed by atoms with Crippen LogP contribution in [0.4, 0.5) is 0 Å². The minimum absolute atomic E-state index is 0.302. The van der Waals surface area contributed by atoms with Crippen molar-refractivity contribution in [2.24, 2.45) is 0 Å². The molecule has 0 bridgehead atoms. The van der Waals surface area contributed by atoms with Gasteiger partial charge in [0.15, 0.2) is 0 Å². The van der Waals surface area contributed by atoms with E-state index in [9.17, 15) is 9.90 Å².